The van der Waals surface area contributed by atoms with Crippen LogP contribution in [0.5, 0.6) is 0 Å². The molecule has 0 amide bonds. The zero-order valence-corrected chi connectivity index (χ0v) is 15.2. The van der Waals surface area contributed by atoms with Gasteiger partial charge in [-0.05, 0) is 41.5 Å². The molecule has 0 unspecified atom stereocenters. The minimum absolute atomic E-state index is 1.17. The van der Waals surface area contributed by atoms with Crippen molar-refractivity contribution in [2.45, 2.75) is 52.4 Å². The van der Waals surface area contributed by atoms with Gasteiger partial charge < -0.3 is 0 Å². The Labute approximate surface area is 147 Å². The maximum absolute atomic E-state index is 2.26. The molecule has 0 aliphatic carbocycles. The van der Waals surface area contributed by atoms with E-state index in [4.69, 9.17) is 0 Å². The summed E-state index contributed by atoms with van der Waals surface area (Å²) in [6, 6.07) is 17.8. The predicted molar refractivity (Wildman–Crippen MR) is 108 cm³/mol. The predicted octanol–water partition coefficient (Wildman–Crippen LogP) is 7.10. The van der Waals surface area contributed by atoms with Crippen molar-refractivity contribution in [2.24, 2.45) is 0 Å². The summed E-state index contributed by atoms with van der Waals surface area (Å²) in [5.41, 5.74) is 5.38. The molecule has 126 valence electrons. The van der Waals surface area contributed by atoms with Gasteiger partial charge in [-0.25, -0.2) is 0 Å². The van der Waals surface area contributed by atoms with Gasteiger partial charge >= 0.3 is 0 Å². The molecule has 0 fully saturated rings. The summed E-state index contributed by atoms with van der Waals surface area (Å²) in [7, 11) is 0. The molecule has 0 nitrogen and oxygen atoms in total. The molecule has 2 aromatic carbocycles. The molecule has 0 aromatic heterocycles. The lowest BCUT2D eigenvalue weighted by molar-refractivity contribution is 0.717. The van der Waals surface area contributed by atoms with E-state index in [0.717, 1.165) is 0 Å². The third-order valence-electron chi connectivity index (χ3n) is 4.26. The van der Waals surface area contributed by atoms with Crippen molar-refractivity contribution >= 4 is 12.2 Å². The first-order valence-corrected chi connectivity index (χ1v) is 9.34. The molecule has 0 heteroatoms. The molecule has 24 heavy (non-hydrogen) atoms. The largest absolute Gasteiger partial charge is 0.0654 e. The van der Waals surface area contributed by atoms with Crippen molar-refractivity contribution in [2.75, 3.05) is 0 Å². The van der Waals surface area contributed by atoms with E-state index in [9.17, 15) is 0 Å². The van der Waals surface area contributed by atoms with E-state index in [1.54, 1.807) is 0 Å². The highest BCUT2D eigenvalue weighted by molar-refractivity contribution is 5.57. The van der Waals surface area contributed by atoms with E-state index in [1.807, 2.05) is 0 Å². The third kappa shape index (κ3) is 6.58. The lowest BCUT2D eigenvalue weighted by Gasteiger charge is -2.01. The van der Waals surface area contributed by atoms with Crippen LogP contribution in [-0.4, -0.2) is 0 Å². The van der Waals surface area contributed by atoms with Crippen molar-refractivity contribution in [1.29, 1.82) is 0 Å². The standard InChI is InChI=1S/C24H30/c1-3-5-6-10-22-17-19-24(20-18-22)12-8-7-11-23-15-13-21(9-4-2)14-16-23/h7-8,11-20H,3-6,9-10H2,1-2H3. The topological polar surface area (TPSA) is 0 Å². The molecule has 0 atom stereocenters. The monoisotopic (exact) mass is 318 g/mol. The van der Waals surface area contributed by atoms with Gasteiger partial charge in [-0.2, -0.15) is 0 Å². The zero-order valence-electron chi connectivity index (χ0n) is 15.2. The molecule has 0 saturated heterocycles. The zero-order chi connectivity index (χ0) is 17.0. The Hall–Kier alpha value is -2.08. The maximum atomic E-state index is 2.26. The van der Waals surface area contributed by atoms with Crippen LogP contribution in [0.1, 0.15) is 61.8 Å². The quantitative estimate of drug-likeness (QED) is 0.342. The summed E-state index contributed by atoms with van der Waals surface area (Å²) in [5.74, 6) is 0. The third-order valence-corrected chi connectivity index (χ3v) is 4.26. The van der Waals surface area contributed by atoms with E-state index in [1.165, 1.54) is 60.8 Å². The summed E-state index contributed by atoms with van der Waals surface area (Å²) in [6.07, 6.45) is 16.0. The van der Waals surface area contributed by atoms with Crippen LogP contribution in [0, 0.1) is 0 Å². The van der Waals surface area contributed by atoms with Gasteiger partial charge in [0, 0.05) is 0 Å². The highest BCUT2D eigenvalue weighted by Gasteiger charge is 1.93. The Balaban J connectivity index is 1.84. The normalized spacial score (nSPS) is 11.6. The van der Waals surface area contributed by atoms with Crippen molar-refractivity contribution in [3.63, 3.8) is 0 Å². The molecule has 0 saturated carbocycles. The van der Waals surface area contributed by atoms with Gasteiger partial charge in [0.25, 0.3) is 0 Å². The fourth-order valence-electron chi connectivity index (χ4n) is 2.79. The van der Waals surface area contributed by atoms with Crippen molar-refractivity contribution in [3.05, 3.63) is 82.9 Å². The molecular formula is C24H30. The SMILES string of the molecule is CCCCCc1ccc(C=CC=Cc2ccc(CCC)cc2)cc1. The molecule has 0 N–H and O–H groups in total. The molecule has 2 aromatic rings. The summed E-state index contributed by atoms with van der Waals surface area (Å²) in [5, 5.41) is 0. The first-order chi connectivity index (χ1) is 11.8. The molecular weight excluding hydrogens is 288 g/mol. The van der Waals surface area contributed by atoms with E-state index in [2.05, 4.69) is 86.7 Å². The Bertz CT molecular complexity index is 627. The average molecular weight is 319 g/mol. The molecule has 0 bridgehead atoms. The fourth-order valence-corrected chi connectivity index (χ4v) is 2.79. The Morgan fingerprint density at radius 1 is 0.583 bits per heavy atom. The lowest BCUT2D eigenvalue weighted by Crippen LogP contribution is -1.85. The van der Waals surface area contributed by atoms with Gasteiger partial charge in [0.15, 0.2) is 0 Å². The highest BCUT2D eigenvalue weighted by Crippen LogP contribution is 2.11. The minimum Gasteiger partial charge on any atom is -0.0654 e. The maximum Gasteiger partial charge on any atom is -0.0256 e. The van der Waals surface area contributed by atoms with Crippen LogP contribution in [0.25, 0.3) is 12.2 Å². The van der Waals surface area contributed by atoms with Gasteiger partial charge in [-0.1, -0.05) is 106 Å². The molecule has 2 rings (SSSR count). The number of hydrogen-bond acceptors (Lipinski definition) is 0. The van der Waals surface area contributed by atoms with Crippen LogP contribution < -0.4 is 0 Å². The lowest BCUT2D eigenvalue weighted by atomic mass is 10.1. The van der Waals surface area contributed by atoms with E-state index < -0.39 is 0 Å². The van der Waals surface area contributed by atoms with Crippen molar-refractivity contribution in [3.8, 4) is 0 Å². The van der Waals surface area contributed by atoms with Crippen LogP contribution in [0.3, 0.4) is 0 Å². The second kappa shape index (κ2) is 10.6. The number of aryl methyl sites for hydroxylation is 2. The summed E-state index contributed by atoms with van der Waals surface area (Å²) in [4.78, 5) is 0. The minimum atomic E-state index is 1.17. The first-order valence-electron chi connectivity index (χ1n) is 9.34. The second-order valence-corrected chi connectivity index (χ2v) is 6.41. The molecule has 0 aliphatic heterocycles. The van der Waals surface area contributed by atoms with Crippen LogP contribution in [0.15, 0.2) is 60.7 Å². The molecule has 0 spiro atoms. The Morgan fingerprint density at radius 2 is 1.08 bits per heavy atom. The van der Waals surface area contributed by atoms with E-state index >= 15 is 0 Å². The van der Waals surface area contributed by atoms with E-state index in [-0.39, 0.29) is 0 Å². The molecule has 0 heterocycles. The van der Waals surface area contributed by atoms with Gasteiger partial charge in [0.2, 0.25) is 0 Å². The summed E-state index contributed by atoms with van der Waals surface area (Å²) < 4.78 is 0. The number of unbranched alkanes of at least 4 members (excludes halogenated alkanes) is 2. The van der Waals surface area contributed by atoms with E-state index in [0.29, 0.717) is 0 Å². The molecule has 0 radical (unpaired) electrons. The number of rotatable bonds is 9. The van der Waals surface area contributed by atoms with Gasteiger partial charge in [-0.3, -0.25) is 0 Å². The van der Waals surface area contributed by atoms with Crippen molar-refractivity contribution in [1.82, 2.24) is 0 Å². The van der Waals surface area contributed by atoms with Crippen molar-refractivity contribution < 1.29 is 0 Å². The summed E-state index contributed by atoms with van der Waals surface area (Å²) >= 11 is 0. The molecule has 0 aliphatic rings. The average Bonchev–Trinajstić information content (AvgIpc) is 2.62. The number of benzene rings is 2. The van der Waals surface area contributed by atoms with Crippen LogP contribution >= 0.6 is 0 Å². The van der Waals surface area contributed by atoms with Crippen LogP contribution in [0.2, 0.25) is 0 Å². The highest BCUT2D eigenvalue weighted by atomic mass is 14.0. The Kier molecular flexibility index (Phi) is 8.10. The Morgan fingerprint density at radius 3 is 1.54 bits per heavy atom. The summed E-state index contributed by atoms with van der Waals surface area (Å²) in [6.45, 7) is 4.47. The van der Waals surface area contributed by atoms with Crippen LogP contribution in [-0.2, 0) is 12.8 Å². The van der Waals surface area contributed by atoms with Gasteiger partial charge in [-0.15, -0.1) is 0 Å². The van der Waals surface area contributed by atoms with Gasteiger partial charge in [0.05, 0.1) is 0 Å². The smallest absolute Gasteiger partial charge is 0.0256 e. The second-order valence-electron chi connectivity index (χ2n) is 6.41. The number of hydrogen-bond donors (Lipinski definition) is 0. The van der Waals surface area contributed by atoms with Crippen LogP contribution in [0.4, 0.5) is 0 Å². The number of allylic oxidation sites excluding steroid dienone is 2. The first kappa shape index (κ1) is 18.3. The van der Waals surface area contributed by atoms with Gasteiger partial charge in [0.1, 0.15) is 0 Å². The fraction of sp³-hybridized carbons (Fsp3) is 0.333.